The molecule has 0 bridgehead atoms. The van der Waals surface area contributed by atoms with Gasteiger partial charge in [0.05, 0.1) is 19.0 Å². The maximum atomic E-state index is 5.18. The van der Waals surface area contributed by atoms with Gasteiger partial charge in [-0.2, -0.15) is 5.10 Å². The van der Waals surface area contributed by atoms with Gasteiger partial charge in [-0.3, -0.25) is 0 Å². The van der Waals surface area contributed by atoms with E-state index in [-0.39, 0.29) is 0 Å². The Morgan fingerprint density at radius 2 is 1.70 bits per heavy atom. The van der Waals surface area contributed by atoms with Crippen LogP contribution in [0.1, 0.15) is 0 Å². The maximum absolute atomic E-state index is 5.18. The molecule has 100 valence electrons. The van der Waals surface area contributed by atoms with Crippen LogP contribution in [0.4, 0.5) is 0 Å². The first kappa shape index (κ1) is 12.9. The summed E-state index contributed by atoms with van der Waals surface area (Å²) in [6.45, 7) is 0. The minimum absolute atomic E-state index is 0.848. The van der Waals surface area contributed by atoms with Crippen LogP contribution in [0.3, 0.4) is 0 Å². The Hall–Kier alpha value is -2.07. The first-order valence-corrected chi connectivity index (χ1v) is 7.02. The first-order valence-electron chi connectivity index (χ1n) is 6.23. The zero-order chi connectivity index (χ0) is 13.9. The van der Waals surface area contributed by atoms with Gasteiger partial charge in [-0.15, -0.1) is 0 Å². The lowest BCUT2D eigenvalue weighted by atomic mass is 10.1. The molecule has 3 rings (SSSR count). The Morgan fingerprint density at radius 3 is 2.35 bits per heavy atom. The highest BCUT2D eigenvalue weighted by Crippen LogP contribution is 2.30. The molecule has 1 aromatic heterocycles. The van der Waals surface area contributed by atoms with Gasteiger partial charge in [-0.25, -0.2) is 4.68 Å². The summed E-state index contributed by atoms with van der Waals surface area (Å²) in [5.74, 6) is 0.848. The van der Waals surface area contributed by atoms with E-state index >= 15 is 0 Å². The number of aromatic nitrogens is 2. The second-order valence-electron chi connectivity index (χ2n) is 4.32. The standard InChI is InChI=1S/C16H13BrN2O/c1-20-14-9-7-12(8-10-14)15-11-18-19(16(15)17)13-5-3-2-4-6-13/h2-11H,1H3. The second kappa shape index (κ2) is 5.51. The number of methoxy groups -OCH3 is 1. The number of benzene rings is 2. The van der Waals surface area contributed by atoms with Gasteiger partial charge in [0.25, 0.3) is 0 Å². The van der Waals surface area contributed by atoms with Crippen LogP contribution in [0.15, 0.2) is 65.4 Å². The SMILES string of the molecule is COc1ccc(-c2cnn(-c3ccccc3)c2Br)cc1. The van der Waals surface area contributed by atoms with Crippen LogP contribution in [-0.2, 0) is 0 Å². The van der Waals surface area contributed by atoms with Crippen molar-refractivity contribution in [2.75, 3.05) is 7.11 Å². The summed E-state index contributed by atoms with van der Waals surface area (Å²) < 4.78 is 7.99. The van der Waals surface area contributed by atoms with Gasteiger partial charge in [0.1, 0.15) is 10.4 Å². The predicted octanol–water partition coefficient (Wildman–Crippen LogP) is 4.31. The lowest BCUT2D eigenvalue weighted by Gasteiger charge is -2.05. The molecule has 3 nitrogen and oxygen atoms in total. The smallest absolute Gasteiger partial charge is 0.118 e. The van der Waals surface area contributed by atoms with Gasteiger partial charge in [0.15, 0.2) is 0 Å². The number of nitrogens with zero attached hydrogens (tertiary/aromatic N) is 2. The molecule has 0 N–H and O–H groups in total. The van der Waals surface area contributed by atoms with Crippen LogP contribution in [0.5, 0.6) is 5.75 Å². The minimum atomic E-state index is 0.848. The van der Waals surface area contributed by atoms with Crippen molar-refractivity contribution in [3.63, 3.8) is 0 Å². The summed E-state index contributed by atoms with van der Waals surface area (Å²) in [7, 11) is 1.67. The molecule has 0 aliphatic heterocycles. The van der Waals surface area contributed by atoms with Crippen molar-refractivity contribution in [1.29, 1.82) is 0 Å². The zero-order valence-electron chi connectivity index (χ0n) is 11.0. The molecule has 0 amide bonds. The van der Waals surface area contributed by atoms with Crippen LogP contribution >= 0.6 is 15.9 Å². The van der Waals surface area contributed by atoms with Crippen molar-refractivity contribution in [2.24, 2.45) is 0 Å². The number of ether oxygens (including phenoxy) is 1. The van der Waals surface area contributed by atoms with Crippen LogP contribution in [0.2, 0.25) is 0 Å². The highest BCUT2D eigenvalue weighted by Gasteiger charge is 2.11. The van der Waals surface area contributed by atoms with E-state index in [1.165, 1.54) is 0 Å². The quantitative estimate of drug-likeness (QED) is 0.716. The van der Waals surface area contributed by atoms with E-state index in [2.05, 4.69) is 21.0 Å². The van der Waals surface area contributed by atoms with E-state index in [9.17, 15) is 0 Å². The summed E-state index contributed by atoms with van der Waals surface area (Å²) in [5, 5.41) is 4.44. The molecule has 0 saturated heterocycles. The van der Waals surface area contributed by atoms with Crippen LogP contribution in [0.25, 0.3) is 16.8 Å². The average Bonchev–Trinajstić information content (AvgIpc) is 2.90. The maximum Gasteiger partial charge on any atom is 0.118 e. The van der Waals surface area contributed by atoms with E-state index in [1.807, 2.05) is 65.5 Å². The number of hydrogen-bond donors (Lipinski definition) is 0. The molecule has 4 heteroatoms. The van der Waals surface area contributed by atoms with Crippen molar-refractivity contribution < 1.29 is 4.74 Å². The third-order valence-corrected chi connectivity index (χ3v) is 3.88. The molecule has 0 aliphatic rings. The van der Waals surface area contributed by atoms with Crippen molar-refractivity contribution in [2.45, 2.75) is 0 Å². The first-order chi connectivity index (χ1) is 9.79. The molecule has 2 aromatic carbocycles. The lowest BCUT2D eigenvalue weighted by molar-refractivity contribution is 0.415. The summed E-state index contributed by atoms with van der Waals surface area (Å²) in [6, 6.07) is 18.0. The van der Waals surface area contributed by atoms with Crippen LogP contribution < -0.4 is 4.74 Å². The fourth-order valence-corrected chi connectivity index (χ4v) is 2.67. The fraction of sp³-hybridized carbons (Fsp3) is 0.0625. The van der Waals surface area contributed by atoms with Crippen molar-refractivity contribution >= 4 is 15.9 Å². The average molecular weight is 329 g/mol. The monoisotopic (exact) mass is 328 g/mol. The highest BCUT2D eigenvalue weighted by atomic mass is 79.9. The Bertz CT molecular complexity index is 705. The van der Waals surface area contributed by atoms with E-state index in [0.717, 1.165) is 27.2 Å². The normalized spacial score (nSPS) is 10.5. The molecule has 3 aromatic rings. The Kier molecular flexibility index (Phi) is 3.56. The number of halogens is 1. The molecule has 0 saturated carbocycles. The molecular formula is C16H13BrN2O. The van der Waals surface area contributed by atoms with Crippen LogP contribution in [0, 0.1) is 0 Å². The summed E-state index contributed by atoms with van der Waals surface area (Å²) in [4.78, 5) is 0. The Labute approximate surface area is 125 Å². The third kappa shape index (κ3) is 2.34. The van der Waals surface area contributed by atoms with Gasteiger partial charge < -0.3 is 4.74 Å². The molecule has 1 heterocycles. The fourth-order valence-electron chi connectivity index (χ4n) is 2.05. The van der Waals surface area contributed by atoms with Crippen LogP contribution in [-0.4, -0.2) is 16.9 Å². The Morgan fingerprint density at radius 1 is 1.00 bits per heavy atom. The highest BCUT2D eigenvalue weighted by molar-refractivity contribution is 9.10. The zero-order valence-corrected chi connectivity index (χ0v) is 12.5. The minimum Gasteiger partial charge on any atom is -0.497 e. The lowest BCUT2D eigenvalue weighted by Crippen LogP contribution is -1.95. The summed E-state index contributed by atoms with van der Waals surface area (Å²) >= 11 is 3.63. The second-order valence-corrected chi connectivity index (χ2v) is 5.08. The molecule has 0 unspecified atom stereocenters. The predicted molar refractivity (Wildman–Crippen MR) is 83.3 cm³/mol. The van der Waals surface area contributed by atoms with Gasteiger partial charge >= 0.3 is 0 Å². The summed E-state index contributed by atoms with van der Waals surface area (Å²) in [5.41, 5.74) is 3.18. The van der Waals surface area contributed by atoms with Crippen molar-refractivity contribution in [3.05, 3.63) is 65.4 Å². The van der Waals surface area contributed by atoms with Crippen molar-refractivity contribution in [3.8, 4) is 22.6 Å². The van der Waals surface area contributed by atoms with E-state index < -0.39 is 0 Å². The Balaban J connectivity index is 2.01. The molecular weight excluding hydrogens is 316 g/mol. The van der Waals surface area contributed by atoms with Gasteiger partial charge in [-0.05, 0) is 45.8 Å². The number of para-hydroxylation sites is 1. The summed E-state index contributed by atoms with van der Waals surface area (Å²) in [6.07, 6.45) is 1.86. The van der Waals surface area contributed by atoms with Crippen molar-refractivity contribution in [1.82, 2.24) is 9.78 Å². The third-order valence-electron chi connectivity index (χ3n) is 3.11. The number of rotatable bonds is 3. The molecule has 0 aliphatic carbocycles. The topological polar surface area (TPSA) is 27.1 Å². The van der Waals surface area contributed by atoms with E-state index in [1.54, 1.807) is 7.11 Å². The van der Waals surface area contributed by atoms with Gasteiger partial charge in [0, 0.05) is 5.56 Å². The molecule has 20 heavy (non-hydrogen) atoms. The number of hydrogen-bond acceptors (Lipinski definition) is 2. The van der Waals surface area contributed by atoms with Gasteiger partial charge in [0.2, 0.25) is 0 Å². The molecule has 0 atom stereocenters. The van der Waals surface area contributed by atoms with Gasteiger partial charge in [-0.1, -0.05) is 30.3 Å². The molecule has 0 radical (unpaired) electrons. The largest absolute Gasteiger partial charge is 0.497 e. The van der Waals surface area contributed by atoms with E-state index in [0.29, 0.717) is 0 Å². The molecule has 0 spiro atoms. The van der Waals surface area contributed by atoms with E-state index in [4.69, 9.17) is 4.74 Å². The molecule has 0 fully saturated rings.